The summed E-state index contributed by atoms with van der Waals surface area (Å²) in [6.07, 6.45) is 7.76. The summed E-state index contributed by atoms with van der Waals surface area (Å²) in [5, 5.41) is 0. The van der Waals surface area contributed by atoms with E-state index >= 15 is 0 Å². The van der Waals surface area contributed by atoms with E-state index < -0.39 is 0 Å². The number of carbonyl (C=O) groups excluding carboxylic acids is 2. The van der Waals surface area contributed by atoms with Gasteiger partial charge >= 0.3 is 0 Å². The molecule has 0 aromatic carbocycles. The van der Waals surface area contributed by atoms with Crippen molar-refractivity contribution in [2.45, 2.75) is 39.5 Å². The zero-order valence-corrected chi connectivity index (χ0v) is 10.5. The SMILES string of the molecule is CC(=O)C1=C2[C@@H]3CC=CC[C@@H]3C(=O)[C@@]2(C)CC1. The molecule has 3 aliphatic rings. The Morgan fingerprint density at radius 2 is 1.94 bits per heavy atom. The maximum absolute atomic E-state index is 12.5. The Bertz CT molecular complexity index is 469. The molecule has 0 unspecified atom stereocenters. The Hall–Kier alpha value is -1.18. The quantitative estimate of drug-likeness (QED) is 0.649. The lowest BCUT2D eigenvalue weighted by Gasteiger charge is -2.21. The zero-order chi connectivity index (χ0) is 12.2. The van der Waals surface area contributed by atoms with Gasteiger partial charge in [0, 0.05) is 11.3 Å². The van der Waals surface area contributed by atoms with Crippen LogP contribution in [0, 0.1) is 17.3 Å². The standard InChI is InChI=1S/C15H18O2/c1-9(16)10-7-8-15(2)13(10)11-5-3-4-6-12(11)14(15)17/h3-4,11-12H,5-8H2,1-2H3/t11-,12+,15+/m1/s1. The van der Waals surface area contributed by atoms with Gasteiger partial charge in [0.1, 0.15) is 5.78 Å². The Morgan fingerprint density at radius 1 is 1.29 bits per heavy atom. The number of ketones is 2. The predicted molar refractivity (Wildman–Crippen MR) is 65.4 cm³/mol. The lowest BCUT2D eigenvalue weighted by Crippen LogP contribution is -2.24. The number of Topliss-reactive ketones (excluding diaryl/α,β-unsaturated/α-hetero) is 2. The molecule has 90 valence electrons. The van der Waals surface area contributed by atoms with Crippen LogP contribution in [0.1, 0.15) is 39.5 Å². The van der Waals surface area contributed by atoms with Crippen molar-refractivity contribution in [1.29, 1.82) is 0 Å². The second-order valence-corrected chi connectivity index (χ2v) is 5.80. The summed E-state index contributed by atoms with van der Waals surface area (Å²) in [4.78, 5) is 24.3. The molecule has 1 saturated carbocycles. The maximum atomic E-state index is 12.5. The van der Waals surface area contributed by atoms with Crippen molar-refractivity contribution >= 4 is 11.6 Å². The molecule has 0 N–H and O–H groups in total. The summed E-state index contributed by atoms with van der Waals surface area (Å²) in [5.41, 5.74) is 1.84. The fourth-order valence-corrected chi connectivity index (χ4v) is 4.06. The second-order valence-electron chi connectivity index (χ2n) is 5.80. The number of allylic oxidation sites excluding steroid dienone is 4. The van der Waals surface area contributed by atoms with Crippen molar-refractivity contribution in [3.05, 3.63) is 23.3 Å². The molecular weight excluding hydrogens is 212 g/mol. The van der Waals surface area contributed by atoms with Crippen LogP contribution in [0.2, 0.25) is 0 Å². The van der Waals surface area contributed by atoms with E-state index in [1.807, 2.05) is 0 Å². The van der Waals surface area contributed by atoms with Gasteiger partial charge in [-0.25, -0.2) is 0 Å². The molecule has 0 aromatic rings. The number of fused-ring (bicyclic) bond motifs is 3. The summed E-state index contributed by atoms with van der Waals surface area (Å²) in [6.45, 7) is 3.70. The summed E-state index contributed by atoms with van der Waals surface area (Å²) in [6, 6.07) is 0. The molecule has 3 atom stereocenters. The van der Waals surface area contributed by atoms with Gasteiger partial charge in [0.05, 0.1) is 0 Å². The molecule has 0 amide bonds. The third-order valence-electron chi connectivity index (χ3n) is 4.90. The van der Waals surface area contributed by atoms with Crippen LogP contribution in [0.3, 0.4) is 0 Å². The van der Waals surface area contributed by atoms with Gasteiger partial charge in [-0.05, 0) is 56.6 Å². The van der Waals surface area contributed by atoms with Gasteiger partial charge in [-0.3, -0.25) is 9.59 Å². The minimum atomic E-state index is -0.317. The third kappa shape index (κ3) is 1.27. The average Bonchev–Trinajstić information content (AvgIpc) is 2.76. The molecule has 3 rings (SSSR count). The van der Waals surface area contributed by atoms with Crippen LogP contribution in [0.4, 0.5) is 0 Å². The lowest BCUT2D eigenvalue weighted by atomic mass is 9.81. The second kappa shape index (κ2) is 3.41. The van der Waals surface area contributed by atoms with Gasteiger partial charge in [-0.1, -0.05) is 12.2 Å². The number of hydrogen-bond acceptors (Lipinski definition) is 2. The first-order chi connectivity index (χ1) is 8.05. The van der Waals surface area contributed by atoms with Crippen LogP contribution in [-0.4, -0.2) is 11.6 Å². The number of rotatable bonds is 1. The zero-order valence-electron chi connectivity index (χ0n) is 10.5. The van der Waals surface area contributed by atoms with Gasteiger partial charge < -0.3 is 0 Å². The van der Waals surface area contributed by atoms with Gasteiger partial charge in [0.15, 0.2) is 5.78 Å². The van der Waals surface area contributed by atoms with Crippen molar-refractivity contribution in [3.63, 3.8) is 0 Å². The Balaban J connectivity index is 2.16. The predicted octanol–water partition coefficient (Wildman–Crippen LogP) is 2.84. The molecule has 1 fully saturated rings. The van der Waals surface area contributed by atoms with Gasteiger partial charge in [0.2, 0.25) is 0 Å². The van der Waals surface area contributed by atoms with E-state index in [0.29, 0.717) is 11.7 Å². The molecule has 3 aliphatic carbocycles. The highest BCUT2D eigenvalue weighted by molar-refractivity contribution is 6.02. The highest BCUT2D eigenvalue weighted by Crippen LogP contribution is 2.58. The summed E-state index contributed by atoms with van der Waals surface area (Å²) < 4.78 is 0. The van der Waals surface area contributed by atoms with Crippen molar-refractivity contribution < 1.29 is 9.59 Å². The van der Waals surface area contributed by atoms with Crippen LogP contribution in [0.15, 0.2) is 23.3 Å². The normalized spacial score (nSPS) is 39.5. The van der Waals surface area contributed by atoms with E-state index in [9.17, 15) is 9.59 Å². The lowest BCUT2D eigenvalue weighted by molar-refractivity contribution is -0.127. The van der Waals surface area contributed by atoms with Crippen LogP contribution in [0.5, 0.6) is 0 Å². The van der Waals surface area contributed by atoms with Gasteiger partial charge in [0.25, 0.3) is 0 Å². The summed E-state index contributed by atoms with van der Waals surface area (Å²) in [7, 11) is 0. The molecule has 17 heavy (non-hydrogen) atoms. The molecule has 0 aromatic heterocycles. The molecule has 0 saturated heterocycles. The van der Waals surface area contributed by atoms with Crippen LogP contribution >= 0.6 is 0 Å². The highest BCUT2D eigenvalue weighted by Gasteiger charge is 2.56. The molecule has 0 heterocycles. The first-order valence-corrected chi connectivity index (χ1v) is 6.49. The Morgan fingerprint density at radius 3 is 2.59 bits per heavy atom. The first kappa shape index (κ1) is 10.9. The molecular formula is C15H18O2. The minimum absolute atomic E-state index is 0.148. The molecule has 0 radical (unpaired) electrons. The van der Waals surface area contributed by atoms with Crippen molar-refractivity contribution in [1.82, 2.24) is 0 Å². The van der Waals surface area contributed by atoms with Crippen LogP contribution in [0.25, 0.3) is 0 Å². The van der Waals surface area contributed by atoms with Crippen LogP contribution < -0.4 is 0 Å². The smallest absolute Gasteiger partial charge is 0.155 e. The van der Waals surface area contributed by atoms with Crippen molar-refractivity contribution in [2.75, 3.05) is 0 Å². The van der Waals surface area contributed by atoms with Crippen molar-refractivity contribution in [2.24, 2.45) is 17.3 Å². The molecule has 2 heteroatoms. The molecule has 2 nitrogen and oxygen atoms in total. The first-order valence-electron chi connectivity index (χ1n) is 6.49. The average molecular weight is 230 g/mol. The fraction of sp³-hybridized carbons (Fsp3) is 0.600. The fourth-order valence-electron chi connectivity index (χ4n) is 4.06. The maximum Gasteiger partial charge on any atom is 0.155 e. The monoisotopic (exact) mass is 230 g/mol. The van der Waals surface area contributed by atoms with E-state index in [0.717, 1.165) is 31.3 Å². The van der Waals surface area contributed by atoms with E-state index in [1.165, 1.54) is 5.57 Å². The Kier molecular flexibility index (Phi) is 2.19. The molecule has 0 aliphatic heterocycles. The van der Waals surface area contributed by atoms with Crippen molar-refractivity contribution in [3.8, 4) is 0 Å². The molecule has 0 spiro atoms. The van der Waals surface area contributed by atoms with E-state index in [1.54, 1.807) is 6.92 Å². The topological polar surface area (TPSA) is 34.1 Å². The van der Waals surface area contributed by atoms with Gasteiger partial charge in [-0.2, -0.15) is 0 Å². The largest absolute Gasteiger partial charge is 0.298 e. The number of hydrogen-bond donors (Lipinski definition) is 0. The molecule has 0 bridgehead atoms. The highest BCUT2D eigenvalue weighted by atomic mass is 16.1. The summed E-state index contributed by atoms with van der Waals surface area (Å²) >= 11 is 0. The number of carbonyl (C=O) groups is 2. The third-order valence-corrected chi connectivity index (χ3v) is 4.90. The Labute approximate surface area is 102 Å². The van der Waals surface area contributed by atoms with Gasteiger partial charge in [-0.15, -0.1) is 0 Å². The summed E-state index contributed by atoms with van der Waals surface area (Å²) in [5.74, 6) is 1.03. The van der Waals surface area contributed by atoms with E-state index in [4.69, 9.17) is 0 Å². The van der Waals surface area contributed by atoms with Crippen LogP contribution in [-0.2, 0) is 9.59 Å². The van der Waals surface area contributed by atoms with E-state index in [-0.39, 0.29) is 17.1 Å². The minimum Gasteiger partial charge on any atom is -0.298 e. The van der Waals surface area contributed by atoms with E-state index in [2.05, 4.69) is 19.1 Å².